The quantitative estimate of drug-likeness (QED) is 0.856. The lowest BCUT2D eigenvalue weighted by Gasteiger charge is -2.38. The number of nitrogens with zero attached hydrogens (tertiary/aromatic N) is 3. The molecule has 2 fully saturated rings. The molecule has 1 aromatic heterocycles. The molecule has 0 radical (unpaired) electrons. The van der Waals surface area contributed by atoms with Crippen molar-refractivity contribution in [2.75, 3.05) is 25.1 Å². The average Bonchev–Trinajstić information content (AvgIpc) is 2.69. The highest BCUT2D eigenvalue weighted by atomic mass is 16.5. The molecule has 0 aromatic carbocycles. The van der Waals surface area contributed by atoms with Gasteiger partial charge in [0.1, 0.15) is 12.1 Å². The van der Waals surface area contributed by atoms with Gasteiger partial charge in [-0.15, -0.1) is 0 Å². The maximum Gasteiger partial charge on any atom is 0.404 e. The average molecular weight is 278 g/mol. The van der Waals surface area contributed by atoms with Crippen LogP contribution in [0.2, 0.25) is 0 Å². The molecule has 1 amide bonds. The minimum absolute atomic E-state index is 0.0764. The van der Waals surface area contributed by atoms with Gasteiger partial charge < -0.3 is 20.1 Å². The molecule has 2 heterocycles. The Bertz CT molecular complexity index is 496. The van der Waals surface area contributed by atoms with Crippen LogP contribution in [0.15, 0.2) is 12.4 Å². The van der Waals surface area contributed by atoms with Crippen LogP contribution in [0.25, 0.3) is 0 Å². The molecule has 0 unspecified atom stereocenters. The van der Waals surface area contributed by atoms with Crippen molar-refractivity contribution in [3.05, 3.63) is 12.4 Å². The molecule has 1 aliphatic carbocycles. The van der Waals surface area contributed by atoms with E-state index in [0.29, 0.717) is 17.7 Å². The van der Waals surface area contributed by atoms with Gasteiger partial charge in [0.05, 0.1) is 7.11 Å². The van der Waals surface area contributed by atoms with Crippen LogP contribution >= 0.6 is 0 Å². The zero-order chi connectivity index (χ0) is 14.1. The number of hydrogen-bond acceptors (Lipinski definition) is 5. The molecule has 1 saturated heterocycles. The molecule has 3 atom stereocenters. The summed E-state index contributed by atoms with van der Waals surface area (Å²) < 4.78 is 5.12. The van der Waals surface area contributed by atoms with E-state index in [9.17, 15) is 4.79 Å². The van der Waals surface area contributed by atoms with E-state index in [1.54, 1.807) is 7.11 Å². The van der Waals surface area contributed by atoms with Gasteiger partial charge in [0.15, 0.2) is 0 Å². The number of nitrogens with one attached hydrogen (secondary N) is 1. The van der Waals surface area contributed by atoms with Crippen LogP contribution < -0.4 is 15.0 Å². The third kappa shape index (κ3) is 2.35. The summed E-state index contributed by atoms with van der Waals surface area (Å²) >= 11 is 0. The van der Waals surface area contributed by atoms with E-state index < -0.39 is 6.09 Å². The first-order chi connectivity index (χ1) is 9.67. The summed E-state index contributed by atoms with van der Waals surface area (Å²) in [6, 6.07) is 1.90. The van der Waals surface area contributed by atoms with Crippen LogP contribution in [-0.4, -0.2) is 47.4 Å². The summed E-state index contributed by atoms with van der Waals surface area (Å²) in [5.41, 5.74) is 0. The zero-order valence-corrected chi connectivity index (χ0v) is 11.3. The maximum absolute atomic E-state index is 10.9. The number of carboxylic acid groups (broad SMARTS) is 1. The molecule has 1 saturated carbocycles. The van der Waals surface area contributed by atoms with E-state index in [0.717, 1.165) is 31.7 Å². The van der Waals surface area contributed by atoms with Gasteiger partial charge in [-0.2, -0.15) is 0 Å². The molecule has 2 N–H and O–H groups in total. The number of methoxy groups -OCH3 is 1. The van der Waals surface area contributed by atoms with Crippen molar-refractivity contribution in [3.63, 3.8) is 0 Å². The predicted molar refractivity (Wildman–Crippen MR) is 72.0 cm³/mol. The minimum Gasteiger partial charge on any atom is -0.481 e. The lowest BCUT2D eigenvalue weighted by Crippen LogP contribution is -2.52. The van der Waals surface area contributed by atoms with Gasteiger partial charge in [0, 0.05) is 25.2 Å². The lowest BCUT2D eigenvalue weighted by molar-refractivity contribution is 0.178. The summed E-state index contributed by atoms with van der Waals surface area (Å²) in [6.07, 6.45) is 2.70. The fraction of sp³-hybridized carbons (Fsp3) is 0.615. The molecule has 1 aromatic rings. The van der Waals surface area contributed by atoms with Crippen molar-refractivity contribution in [2.45, 2.75) is 18.9 Å². The Hall–Kier alpha value is -2.05. The molecular weight excluding hydrogens is 260 g/mol. The fourth-order valence-corrected chi connectivity index (χ4v) is 3.40. The summed E-state index contributed by atoms with van der Waals surface area (Å²) in [6.45, 7) is 1.64. The van der Waals surface area contributed by atoms with Gasteiger partial charge in [-0.05, 0) is 24.7 Å². The summed E-state index contributed by atoms with van der Waals surface area (Å²) in [4.78, 5) is 21.4. The maximum atomic E-state index is 10.9. The zero-order valence-electron chi connectivity index (χ0n) is 11.3. The van der Waals surface area contributed by atoms with Gasteiger partial charge >= 0.3 is 6.09 Å². The number of piperidine rings is 1. The summed E-state index contributed by atoms with van der Waals surface area (Å²) in [5, 5.41) is 11.6. The molecule has 3 rings (SSSR count). The van der Waals surface area contributed by atoms with Crippen molar-refractivity contribution >= 4 is 11.9 Å². The van der Waals surface area contributed by atoms with E-state index in [2.05, 4.69) is 20.2 Å². The van der Waals surface area contributed by atoms with Gasteiger partial charge in [-0.3, -0.25) is 0 Å². The first-order valence-electron chi connectivity index (χ1n) is 6.78. The van der Waals surface area contributed by atoms with Crippen LogP contribution in [0, 0.1) is 11.8 Å². The van der Waals surface area contributed by atoms with Gasteiger partial charge in [0.25, 0.3) is 0 Å². The Morgan fingerprint density at radius 2 is 2.10 bits per heavy atom. The van der Waals surface area contributed by atoms with E-state index in [1.165, 1.54) is 6.33 Å². The van der Waals surface area contributed by atoms with E-state index in [-0.39, 0.29) is 6.04 Å². The van der Waals surface area contributed by atoms with E-state index in [4.69, 9.17) is 9.84 Å². The van der Waals surface area contributed by atoms with Crippen LogP contribution in [-0.2, 0) is 0 Å². The lowest BCUT2D eigenvalue weighted by atomic mass is 9.92. The third-order valence-corrected chi connectivity index (χ3v) is 4.28. The smallest absolute Gasteiger partial charge is 0.404 e. The Morgan fingerprint density at radius 1 is 1.40 bits per heavy atom. The van der Waals surface area contributed by atoms with Gasteiger partial charge in [-0.25, -0.2) is 14.8 Å². The molecule has 1 aliphatic heterocycles. The SMILES string of the molecule is COc1cc(N2C[C@H]3CC[C@@H](C2)[C@H]3NC(=O)O)ncn1. The predicted octanol–water partition coefficient (Wildman–Crippen LogP) is 0.968. The van der Waals surface area contributed by atoms with Crippen molar-refractivity contribution in [1.29, 1.82) is 0 Å². The molecule has 0 spiro atoms. The Kier molecular flexibility index (Phi) is 3.33. The number of anilines is 1. The highest BCUT2D eigenvalue weighted by molar-refractivity contribution is 5.65. The summed E-state index contributed by atoms with van der Waals surface area (Å²) in [5.74, 6) is 2.10. The highest BCUT2D eigenvalue weighted by Crippen LogP contribution is 2.38. The number of amides is 1. The standard InChI is InChI=1S/C13H18N4O3/c1-20-11-4-10(14-7-15-11)17-5-8-2-3-9(6-17)12(8)16-13(18)19/h4,7-9,12,16H,2-3,5-6H2,1H3,(H,18,19)/t8-,9+,12+. The fourth-order valence-electron chi connectivity index (χ4n) is 3.40. The van der Waals surface area contributed by atoms with Crippen LogP contribution in [0.5, 0.6) is 5.88 Å². The number of hydrogen-bond donors (Lipinski definition) is 2. The van der Waals surface area contributed by atoms with E-state index in [1.807, 2.05) is 6.07 Å². The van der Waals surface area contributed by atoms with Crippen molar-refractivity contribution in [3.8, 4) is 5.88 Å². The number of rotatable bonds is 3. The molecule has 7 heteroatoms. The summed E-state index contributed by atoms with van der Waals surface area (Å²) in [7, 11) is 1.58. The Labute approximate surface area is 117 Å². The number of carbonyl (C=O) groups is 1. The van der Waals surface area contributed by atoms with E-state index >= 15 is 0 Å². The molecular formula is C13H18N4O3. The van der Waals surface area contributed by atoms with Crippen molar-refractivity contribution in [1.82, 2.24) is 15.3 Å². The van der Waals surface area contributed by atoms with Gasteiger partial charge in [-0.1, -0.05) is 0 Å². The third-order valence-electron chi connectivity index (χ3n) is 4.28. The van der Waals surface area contributed by atoms with Gasteiger partial charge in [0.2, 0.25) is 5.88 Å². The molecule has 2 aliphatic rings. The van der Waals surface area contributed by atoms with Crippen molar-refractivity contribution in [2.24, 2.45) is 11.8 Å². The topological polar surface area (TPSA) is 87.6 Å². The Balaban J connectivity index is 1.74. The number of fused-ring (bicyclic) bond motifs is 2. The first kappa shape index (κ1) is 13.0. The first-order valence-corrected chi connectivity index (χ1v) is 6.78. The second-order valence-electron chi connectivity index (χ2n) is 5.40. The molecule has 20 heavy (non-hydrogen) atoms. The number of ether oxygens (including phenoxy) is 1. The normalized spacial score (nSPS) is 28.2. The highest BCUT2D eigenvalue weighted by Gasteiger charge is 2.43. The second-order valence-corrected chi connectivity index (χ2v) is 5.40. The monoisotopic (exact) mass is 278 g/mol. The van der Waals surface area contributed by atoms with Crippen molar-refractivity contribution < 1.29 is 14.6 Å². The second kappa shape index (κ2) is 5.15. The van der Waals surface area contributed by atoms with Crippen LogP contribution in [0.4, 0.5) is 10.6 Å². The molecule has 2 bridgehead atoms. The minimum atomic E-state index is -0.927. The Morgan fingerprint density at radius 3 is 2.70 bits per heavy atom. The largest absolute Gasteiger partial charge is 0.481 e. The molecule has 108 valence electrons. The van der Waals surface area contributed by atoms with Crippen LogP contribution in [0.1, 0.15) is 12.8 Å². The number of aromatic nitrogens is 2. The van der Waals surface area contributed by atoms with Crippen LogP contribution in [0.3, 0.4) is 0 Å². The molecule has 7 nitrogen and oxygen atoms in total.